The van der Waals surface area contributed by atoms with Crippen molar-refractivity contribution in [1.82, 2.24) is 0 Å². The highest BCUT2D eigenvalue weighted by Crippen LogP contribution is 2.23. The van der Waals surface area contributed by atoms with Crippen molar-refractivity contribution in [1.29, 1.82) is 0 Å². The molecule has 0 bridgehead atoms. The van der Waals surface area contributed by atoms with Gasteiger partial charge in [-0.3, -0.25) is 4.79 Å². The van der Waals surface area contributed by atoms with Crippen molar-refractivity contribution in [3.05, 3.63) is 28.8 Å². The second-order valence-electron chi connectivity index (χ2n) is 3.15. The van der Waals surface area contributed by atoms with Crippen molar-refractivity contribution in [3.8, 4) is 0 Å². The van der Waals surface area contributed by atoms with Crippen LogP contribution in [0.5, 0.6) is 0 Å². The summed E-state index contributed by atoms with van der Waals surface area (Å²) in [7, 11) is 0. The normalized spacial score (nSPS) is 10.1. The van der Waals surface area contributed by atoms with Crippen molar-refractivity contribution in [2.24, 2.45) is 0 Å². The minimum absolute atomic E-state index is 0.201. The fraction of sp³-hybridized carbons (Fsp3) is 0.364. The summed E-state index contributed by atoms with van der Waals surface area (Å²) < 4.78 is 4.82. The van der Waals surface area contributed by atoms with Gasteiger partial charge in [0, 0.05) is 16.5 Å². The zero-order valence-corrected chi connectivity index (χ0v) is 10.6. The molecule has 1 aromatic rings. The third-order valence-electron chi connectivity index (χ3n) is 1.85. The molecule has 1 aromatic carbocycles. The molecule has 3 nitrogen and oxygen atoms in total. The van der Waals surface area contributed by atoms with Gasteiger partial charge in [-0.25, -0.2) is 0 Å². The molecule has 0 saturated carbocycles. The minimum Gasteiger partial charge on any atom is -0.465 e. The SMILES string of the molecule is CCOC(=O)CSCc1cc(N)ccc1Cl. The molecule has 0 aromatic heterocycles. The lowest BCUT2D eigenvalue weighted by molar-refractivity contribution is -0.139. The van der Waals surface area contributed by atoms with Crippen LogP contribution in [0.15, 0.2) is 18.2 Å². The average Bonchev–Trinajstić information content (AvgIpc) is 2.23. The van der Waals surface area contributed by atoms with Crippen LogP contribution in [0.3, 0.4) is 0 Å². The molecule has 88 valence electrons. The standard InChI is InChI=1S/C11H14ClNO2S/c1-2-15-11(14)7-16-6-8-5-9(13)3-4-10(8)12/h3-5H,2,6-7,13H2,1H3. The van der Waals surface area contributed by atoms with Gasteiger partial charge in [0.15, 0.2) is 0 Å². The number of esters is 1. The summed E-state index contributed by atoms with van der Waals surface area (Å²) in [6.45, 7) is 2.20. The van der Waals surface area contributed by atoms with E-state index in [2.05, 4.69) is 0 Å². The highest BCUT2D eigenvalue weighted by Gasteiger charge is 2.05. The van der Waals surface area contributed by atoms with Crippen molar-refractivity contribution in [3.63, 3.8) is 0 Å². The quantitative estimate of drug-likeness (QED) is 0.653. The van der Waals surface area contributed by atoms with Crippen LogP contribution < -0.4 is 5.73 Å². The first-order valence-corrected chi connectivity index (χ1v) is 6.44. The van der Waals surface area contributed by atoms with E-state index in [4.69, 9.17) is 22.1 Å². The van der Waals surface area contributed by atoms with Gasteiger partial charge >= 0.3 is 5.97 Å². The fourth-order valence-corrected chi connectivity index (χ4v) is 2.23. The Labute approximate surface area is 104 Å². The monoisotopic (exact) mass is 259 g/mol. The van der Waals surface area contributed by atoms with Gasteiger partial charge < -0.3 is 10.5 Å². The molecule has 0 atom stereocenters. The predicted molar refractivity (Wildman–Crippen MR) is 68.7 cm³/mol. The largest absolute Gasteiger partial charge is 0.465 e. The topological polar surface area (TPSA) is 52.3 Å². The summed E-state index contributed by atoms with van der Waals surface area (Å²) in [6.07, 6.45) is 0. The van der Waals surface area contributed by atoms with Crippen LogP contribution in [0, 0.1) is 0 Å². The first-order valence-electron chi connectivity index (χ1n) is 4.90. The summed E-state index contributed by atoms with van der Waals surface area (Å²) in [5.41, 5.74) is 7.26. The molecule has 0 amide bonds. The zero-order valence-electron chi connectivity index (χ0n) is 9.03. The van der Waals surface area contributed by atoms with E-state index in [1.165, 1.54) is 11.8 Å². The van der Waals surface area contributed by atoms with Gasteiger partial charge in [-0.15, -0.1) is 11.8 Å². The number of rotatable bonds is 5. The molecule has 1 rings (SSSR count). The van der Waals surface area contributed by atoms with Crippen LogP contribution in [-0.4, -0.2) is 18.3 Å². The van der Waals surface area contributed by atoms with Crippen molar-refractivity contribution in [2.45, 2.75) is 12.7 Å². The highest BCUT2D eigenvalue weighted by molar-refractivity contribution is 7.99. The molecule has 5 heteroatoms. The van der Waals surface area contributed by atoms with E-state index in [1.54, 1.807) is 19.1 Å². The molecule has 0 radical (unpaired) electrons. The van der Waals surface area contributed by atoms with E-state index >= 15 is 0 Å². The smallest absolute Gasteiger partial charge is 0.315 e. The number of carbonyl (C=O) groups is 1. The van der Waals surface area contributed by atoms with E-state index < -0.39 is 0 Å². The molecule has 2 N–H and O–H groups in total. The Morgan fingerprint density at radius 3 is 3.00 bits per heavy atom. The molecular formula is C11H14ClNO2S. The molecular weight excluding hydrogens is 246 g/mol. The Hall–Kier alpha value is -0.870. The number of nitrogen functional groups attached to an aromatic ring is 1. The number of hydrogen-bond donors (Lipinski definition) is 1. The van der Waals surface area contributed by atoms with Crippen LogP contribution in [0.25, 0.3) is 0 Å². The van der Waals surface area contributed by atoms with Gasteiger partial charge in [0.1, 0.15) is 0 Å². The van der Waals surface area contributed by atoms with Crippen LogP contribution >= 0.6 is 23.4 Å². The Morgan fingerprint density at radius 2 is 2.31 bits per heavy atom. The number of benzene rings is 1. The van der Waals surface area contributed by atoms with E-state index in [9.17, 15) is 4.79 Å². The number of hydrogen-bond acceptors (Lipinski definition) is 4. The summed E-state index contributed by atoms with van der Waals surface area (Å²) >= 11 is 7.45. The van der Waals surface area contributed by atoms with Gasteiger partial charge in [-0.05, 0) is 30.7 Å². The molecule has 0 spiro atoms. The number of nitrogens with two attached hydrogens (primary N) is 1. The van der Waals surface area contributed by atoms with Gasteiger partial charge in [0.05, 0.1) is 12.4 Å². The van der Waals surface area contributed by atoms with E-state index in [-0.39, 0.29) is 5.97 Å². The predicted octanol–water partition coefficient (Wildman–Crippen LogP) is 2.72. The van der Waals surface area contributed by atoms with Gasteiger partial charge in [0.2, 0.25) is 0 Å². The van der Waals surface area contributed by atoms with Crippen LogP contribution in [-0.2, 0) is 15.3 Å². The van der Waals surface area contributed by atoms with Crippen molar-refractivity contribution >= 4 is 35.0 Å². The maximum Gasteiger partial charge on any atom is 0.315 e. The van der Waals surface area contributed by atoms with Crippen LogP contribution in [0.2, 0.25) is 5.02 Å². The fourth-order valence-electron chi connectivity index (χ4n) is 1.15. The number of anilines is 1. The third-order valence-corrected chi connectivity index (χ3v) is 3.18. The Kier molecular flexibility index (Phi) is 5.49. The number of halogens is 1. The lowest BCUT2D eigenvalue weighted by atomic mass is 10.2. The molecule has 0 aliphatic rings. The second kappa shape index (κ2) is 6.66. The van der Waals surface area contributed by atoms with Gasteiger partial charge in [-0.1, -0.05) is 11.6 Å². The molecule has 16 heavy (non-hydrogen) atoms. The summed E-state index contributed by atoms with van der Waals surface area (Å²) in [6, 6.07) is 5.33. The minimum atomic E-state index is -0.201. The molecule has 0 aliphatic heterocycles. The number of thioether (sulfide) groups is 1. The lowest BCUT2D eigenvalue weighted by Gasteiger charge is -2.05. The Bertz CT molecular complexity index is 371. The lowest BCUT2D eigenvalue weighted by Crippen LogP contribution is -2.06. The van der Waals surface area contributed by atoms with Crippen LogP contribution in [0.4, 0.5) is 5.69 Å². The summed E-state index contributed by atoms with van der Waals surface area (Å²) in [5.74, 6) is 0.786. The van der Waals surface area contributed by atoms with E-state index in [1.807, 2.05) is 6.07 Å². The van der Waals surface area contributed by atoms with Crippen molar-refractivity contribution < 1.29 is 9.53 Å². The first kappa shape index (κ1) is 13.2. The van der Waals surface area contributed by atoms with E-state index in [0.29, 0.717) is 28.8 Å². The zero-order chi connectivity index (χ0) is 12.0. The summed E-state index contributed by atoms with van der Waals surface area (Å²) in [4.78, 5) is 11.1. The number of ether oxygens (including phenoxy) is 1. The van der Waals surface area contributed by atoms with E-state index in [0.717, 1.165) is 5.56 Å². The molecule has 0 fully saturated rings. The highest BCUT2D eigenvalue weighted by atomic mass is 35.5. The Balaban J connectivity index is 2.42. The summed E-state index contributed by atoms with van der Waals surface area (Å²) in [5, 5.41) is 0.672. The molecule has 0 heterocycles. The molecule has 0 saturated heterocycles. The number of carbonyl (C=O) groups excluding carboxylic acids is 1. The maximum absolute atomic E-state index is 11.1. The Morgan fingerprint density at radius 1 is 1.56 bits per heavy atom. The van der Waals surface area contributed by atoms with Gasteiger partial charge in [0.25, 0.3) is 0 Å². The molecule has 0 unspecified atom stereocenters. The van der Waals surface area contributed by atoms with Gasteiger partial charge in [-0.2, -0.15) is 0 Å². The third kappa shape index (κ3) is 4.33. The second-order valence-corrected chi connectivity index (χ2v) is 4.54. The molecule has 0 aliphatic carbocycles. The first-order chi connectivity index (χ1) is 7.63. The van der Waals surface area contributed by atoms with Crippen LogP contribution in [0.1, 0.15) is 12.5 Å². The van der Waals surface area contributed by atoms with Crippen molar-refractivity contribution in [2.75, 3.05) is 18.1 Å². The maximum atomic E-state index is 11.1. The average molecular weight is 260 g/mol.